The summed E-state index contributed by atoms with van der Waals surface area (Å²) in [6.07, 6.45) is -1.61. The number of methoxy groups -OCH3 is 1. The van der Waals surface area contributed by atoms with Crippen molar-refractivity contribution in [1.82, 2.24) is 29.5 Å². The minimum Gasteiger partial charge on any atom is -0.479 e. The number of halogens is 3. The van der Waals surface area contributed by atoms with Gasteiger partial charge < -0.3 is 9.47 Å². The molecule has 0 N–H and O–H groups in total. The molecule has 0 aliphatic heterocycles. The van der Waals surface area contributed by atoms with E-state index in [0.717, 1.165) is 12.1 Å². The van der Waals surface area contributed by atoms with E-state index in [4.69, 9.17) is 9.47 Å². The van der Waals surface area contributed by atoms with Crippen LogP contribution < -0.4 is 4.74 Å². The molecule has 0 aliphatic rings. The summed E-state index contributed by atoms with van der Waals surface area (Å²) in [5.74, 6) is -0.153. The summed E-state index contributed by atoms with van der Waals surface area (Å²) in [6, 6.07) is 4.85. The van der Waals surface area contributed by atoms with Gasteiger partial charge in [0.25, 0.3) is 5.95 Å². The van der Waals surface area contributed by atoms with Crippen molar-refractivity contribution in [3.8, 4) is 11.8 Å². The lowest BCUT2D eigenvalue weighted by molar-refractivity contribution is -0.137. The quantitative estimate of drug-likeness (QED) is 0.406. The molecule has 0 atom stereocenters. The number of aromatic nitrogens is 6. The van der Waals surface area contributed by atoms with Gasteiger partial charge in [0.1, 0.15) is 11.0 Å². The highest BCUT2D eigenvalue weighted by Gasteiger charge is 2.30. The number of rotatable bonds is 6. The van der Waals surface area contributed by atoms with E-state index in [1.165, 1.54) is 36.3 Å². The molecule has 4 aromatic rings. The van der Waals surface area contributed by atoms with Crippen LogP contribution >= 0.6 is 0 Å². The minimum atomic E-state index is -4.40. The highest BCUT2D eigenvalue weighted by atomic mass is 19.4. The second-order valence-corrected chi connectivity index (χ2v) is 7.06. The van der Waals surface area contributed by atoms with Gasteiger partial charge in [0, 0.05) is 6.20 Å². The number of carbonyl (C=O) groups excluding carboxylic acids is 1. The van der Waals surface area contributed by atoms with Crippen LogP contribution in [0.1, 0.15) is 34.1 Å². The van der Waals surface area contributed by atoms with Gasteiger partial charge in [-0.1, -0.05) is 12.1 Å². The highest BCUT2D eigenvalue weighted by molar-refractivity contribution is 5.89. The van der Waals surface area contributed by atoms with E-state index in [9.17, 15) is 18.0 Å². The number of hydrogen-bond acceptors (Lipinski definition) is 7. The van der Waals surface area contributed by atoms with Crippen LogP contribution in [-0.2, 0) is 17.5 Å². The van der Waals surface area contributed by atoms with E-state index >= 15 is 0 Å². The first-order valence-corrected chi connectivity index (χ1v) is 9.88. The second-order valence-electron chi connectivity index (χ2n) is 7.06. The van der Waals surface area contributed by atoms with Gasteiger partial charge in [0.05, 0.1) is 43.3 Å². The molecule has 9 nitrogen and oxygen atoms in total. The lowest BCUT2D eigenvalue weighted by Crippen LogP contribution is -2.08. The van der Waals surface area contributed by atoms with Crippen molar-refractivity contribution in [3.05, 3.63) is 59.0 Å². The second kappa shape index (κ2) is 8.52. The molecule has 4 rings (SSSR count). The van der Waals surface area contributed by atoms with Crippen LogP contribution in [0.3, 0.4) is 0 Å². The van der Waals surface area contributed by atoms with Crippen LogP contribution in [0, 0.1) is 6.92 Å². The first kappa shape index (κ1) is 22.2. The van der Waals surface area contributed by atoms with Crippen molar-refractivity contribution in [3.63, 3.8) is 0 Å². The number of benzene rings is 1. The number of alkyl halides is 3. The topological polar surface area (TPSA) is 96.9 Å². The fraction of sp³-hybridized carbons (Fsp3) is 0.286. The summed E-state index contributed by atoms with van der Waals surface area (Å²) >= 11 is 0. The summed E-state index contributed by atoms with van der Waals surface area (Å²) in [5.41, 5.74) is 1.67. The molecule has 3 aromatic heterocycles. The lowest BCUT2D eigenvalue weighted by Gasteiger charge is -2.10. The molecule has 12 heteroatoms. The first-order chi connectivity index (χ1) is 15.7. The fourth-order valence-electron chi connectivity index (χ4n) is 3.27. The molecule has 0 unspecified atom stereocenters. The zero-order valence-corrected chi connectivity index (χ0v) is 17.9. The van der Waals surface area contributed by atoms with E-state index in [0.29, 0.717) is 22.3 Å². The molecule has 3 heterocycles. The van der Waals surface area contributed by atoms with Crippen LogP contribution in [0.4, 0.5) is 13.2 Å². The van der Waals surface area contributed by atoms with Crippen molar-refractivity contribution < 1.29 is 27.4 Å². The molecule has 0 amide bonds. The van der Waals surface area contributed by atoms with Crippen molar-refractivity contribution in [2.75, 3.05) is 13.7 Å². The molecule has 0 aliphatic carbocycles. The highest BCUT2D eigenvalue weighted by Crippen LogP contribution is 2.30. The third-order valence-corrected chi connectivity index (χ3v) is 4.82. The van der Waals surface area contributed by atoms with Gasteiger partial charge in [0.2, 0.25) is 5.88 Å². The first-order valence-electron chi connectivity index (χ1n) is 9.88. The Morgan fingerprint density at radius 1 is 1.15 bits per heavy atom. The van der Waals surface area contributed by atoms with Crippen LogP contribution in [0.5, 0.6) is 5.88 Å². The Morgan fingerprint density at radius 3 is 2.52 bits per heavy atom. The smallest absolute Gasteiger partial charge is 0.416 e. The van der Waals surface area contributed by atoms with Gasteiger partial charge in [-0.3, -0.25) is 4.68 Å². The molecule has 1 aromatic carbocycles. The predicted octanol–water partition coefficient (Wildman–Crippen LogP) is 3.57. The van der Waals surface area contributed by atoms with Crippen LogP contribution in [0.2, 0.25) is 0 Å². The fourth-order valence-corrected chi connectivity index (χ4v) is 3.27. The van der Waals surface area contributed by atoms with Crippen LogP contribution in [0.25, 0.3) is 17.0 Å². The van der Waals surface area contributed by atoms with Gasteiger partial charge in [0.15, 0.2) is 0 Å². The monoisotopic (exact) mass is 460 g/mol. The van der Waals surface area contributed by atoms with Crippen LogP contribution in [0.15, 0.2) is 36.7 Å². The minimum absolute atomic E-state index is 0.159. The Bertz CT molecular complexity index is 1310. The summed E-state index contributed by atoms with van der Waals surface area (Å²) < 4.78 is 51.8. The number of esters is 1. The Labute approximate surface area is 185 Å². The van der Waals surface area contributed by atoms with Crippen molar-refractivity contribution in [2.45, 2.75) is 26.6 Å². The Kier molecular flexibility index (Phi) is 5.75. The maximum atomic E-state index is 12.8. The van der Waals surface area contributed by atoms with E-state index in [1.807, 2.05) is 0 Å². The number of fused-ring (bicyclic) bond motifs is 1. The summed E-state index contributed by atoms with van der Waals surface area (Å²) in [5, 5.41) is 8.59. The standard InChI is InChI=1S/C21H19F3N6O3/c1-4-33-19(31)14-9-25-30(11-14)20-26-16-12(2)28-29(17(16)18(27-20)32-3)10-13-5-7-15(8-6-13)21(22,23)24/h5-9,11H,4,10H2,1-3H3. The van der Waals surface area contributed by atoms with Crippen molar-refractivity contribution in [1.29, 1.82) is 0 Å². The van der Waals surface area contributed by atoms with Gasteiger partial charge >= 0.3 is 12.1 Å². The zero-order chi connectivity index (χ0) is 23.8. The molecule has 172 valence electrons. The average molecular weight is 460 g/mol. The molecule has 0 fully saturated rings. The Hall–Kier alpha value is -3.96. The third-order valence-electron chi connectivity index (χ3n) is 4.82. The molecule has 0 spiro atoms. The zero-order valence-electron chi connectivity index (χ0n) is 17.9. The van der Waals surface area contributed by atoms with E-state index in [1.54, 1.807) is 18.5 Å². The van der Waals surface area contributed by atoms with Crippen molar-refractivity contribution >= 4 is 17.0 Å². The van der Waals surface area contributed by atoms with E-state index < -0.39 is 17.7 Å². The Morgan fingerprint density at radius 2 is 1.88 bits per heavy atom. The maximum absolute atomic E-state index is 12.8. The molecule has 33 heavy (non-hydrogen) atoms. The molecule has 0 saturated carbocycles. The number of nitrogens with zero attached hydrogens (tertiary/aromatic N) is 6. The van der Waals surface area contributed by atoms with Crippen molar-refractivity contribution in [2.24, 2.45) is 0 Å². The SMILES string of the molecule is CCOC(=O)c1cnn(-c2nc(OC)c3c(n2)c(C)nn3Cc2ccc(C(F)(F)F)cc2)c1. The summed E-state index contributed by atoms with van der Waals surface area (Å²) in [4.78, 5) is 20.8. The molecule has 0 radical (unpaired) electrons. The number of carbonyl (C=O) groups is 1. The third kappa shape index (κ3) is 4.36. The Balaban J connectivity index is 1.71. The van der Waals surface area contributed by atoms with Gasteiger partial charge in [-0.25, -0.2) is 14.5 Å². The predicted molar refractivity (Wildman–Crippen MR) is 110 cm³/mol. The van der Waals surface area contributed by atoms with E-state index in [-0.39, 0.29) is 30.5 Å². The lowest BCUT2D eigenvalue weighted by atomic mass is 10.1. The molecular formula is C21H19F3N6O3. The van der Waals surface area contributed by atoms with Crippen LogP contribution in [-0.4, -0.2) is 49.2 Å². The number of hydrogen-bond donors (Lipinski definition) is 0. The normalized spacial score (nSPS) is 11.7. The number of aryl methyl sites for hydroxylation is 1. The molecular weight excluding hydrogens is 441 g/mol. The molecule has 0 saturated heterocycles. The summed E-state index contributed by atoms with van der Waals surface area (Å²) in [7, 11) is 1.43. The van der Waals surface area contributed by atoms with E-state index in [2.05, 4.69) is 20.2 Å². The molecule has 0 bridgehead atoms. The van der Waals surface area contributed by atoms with Gasteiger partial charge in [-0.05, 0) is 31.5 Å². The largest absolute Gasteiger partial charge is 0.479 e. The van der Waals surface area contributed by atoms with Gasteiger partial charge in [-0.2, -0.15) is 28.4 Å². The maximum Gasteiger partial charge on any atom is 0.416 e. The summed E-state index contributed by atoms with van der Waals surface area (Å²) in [6.45, 7) is 3.87. The number of ether oxygens (including phenoxy) is 2. The van der Waals surface area contributed by atoms with Gasteiger partial charge in [-0.15, -0.1) is 0 Å². The average Bonchev–Trinajstić information content (AvgIpc) is 3.39.